The van der Waals surface area contributed by atoms with Gasteiger partial charge < -0.3 is 4.90 Å². The van der Waals surface area contributed by atoms with Crippen molar-refractivity contribution < 1.29 is 9.18 Å². The fourth-order valence-corrected chi connectivity index (χ4v) is 3.68. The Balaban J connectivity index is 1.60. The summed E-state index contributed by atoms with van der Waals surface area (Å²) in [5.41, 5.74) is 4.73. The number of para-hydroxylation sites is 1. The van der Waals surface area contributed by atoms with Gasteiger partial charge in [0.15, 0.2) is 5.69 Å². The summed E-state index contributed by atoms with van der Waals surface area (Å²) in [6, 6.07) is 19.5. The third-order valence-electron chi connectivity index (χ3n) is 5.11. The van der Waals surface area contributed by atoms with E-state index in [4.69, 9.17) is 0 Å². The lowest BCUT2D eigenvalue weighted by atomic mass is 10.1. The SMILES string of the molecule is O=C(c1cc(-c2ccncc2)n(-c2ccc(F)cc2)n1)N1CCc2ccccc21. The topological polar surface area (TPSA) is 51.0 Å². The van der Waals surface area contributed by atoms with E-state index in [1.165, 1.54) is 12.1 Å². The van der Waals surface area contributed by atoms with Crippen LogP contribution in [0.15, 0.2) is 79.1 Å². The number of hydrogen-bond donors (Lipinski definition) is 0. The summed E-state index contributed by atoms with van der Waals surface area (Å²) < 4.78 is 15.1. The highest BCUT2D eigenvalue weighted by atomic mass is 19.1. The van der Waals surface area contributed by atoms with Crippen LogP contribution in [0.3, 0.4) is 0 Å². The number of halogens is 1. The normalized spacial score (nSPS) is 12.8. The van der Waals surface area contributed by atoms with Crippen LogP contribution < -0.4 is 4.90 Å². The second-order valence-corrected chi connectivity index (χ2v) is 6.87. The fraction of sp³-hybridized carbons (Fsp3) is 0.0870. The molecule has 0 spiro atoms. The highest BCUT2D eigenvalue weighted by Crippen LogP contribution is 2.30. The van der Waals surface area contributed by atoms with E-state index in [2.05, 4.69) is 10.1 Å². The van der Waals surface area contributed by atoms with Crippen molar-refractivity contribution in [1.82, 2.24) is 14.8 Å². The van der Waals surface area contributed by atoms with Gasteiger partial charge in [0.25, 0.3) is 5.91 Å². The standard InChI is InChI=1S/C23H17FN4O/c24-18-5-7-19(8-6-18)28-22(17-9-12-25-13-10-17)15-20(26-28)23(29)27-14-11-16-3-1-2-4-21(16)27/h1-10,12-13,15H,11,14H2. The second kappa shape index (κ2) is 6.98. The predicted octanol–water partition coefficient (Wildman–Crippen LogP) is 4.28. The average Bonchev–Trinajstić information content (AvgIpc) is 3.39. The zero-order valence-corrected chi connectivity index (χ0v) is 15.5. The molecule has 0 bridgehead atoms. The molecule has 0 radical (unpaired) electrons. The Labute approximate surface area is 167 Å². The fourth-order valence-electron chi connectivity index (χ4n) is 3.68. The number of rotatable bonds is 3. The quantitative estimate of drug-likeness (QED) is 0.530. The maximum absolute atomic E-state index is 13.4. The van der Waals surface area contributed by atoms with Gasteiger partial charge in [-0.25, -0.2) is 9.07 Å². The summed E-state index contributed by atoms with van der Waals surface area (Å²) in [4.78, 5) is 19.1. The van der Waals surface area contributed by atoms with Crippen molar-refractivity contribution in [2.24, 2.45) is 0 Å². The number of amides is 1. The van der Waals surface area contributed by atoms with Gasteiger partial charge in [-0.3, -0.25) is 9.78 Å². The molecule has 29 heavy (non-hydrogen) atoms. The molecule has 1 aliphatic heterocycles. The van der Waals surface area contributed by atoms with E-state index >= 15 is 0 Å². The molecule has 1 amide bonds. The van der Waals surface area contributed by atoms with Crippen molar-refractivity contribution in [2.75, 3.05) is 11.4 Å². The van der Waals surface area contributed by atoms with E-state index in [9.17, 15) is 9.18 Å². The van der Waals surface area contributed by atoms with Crippen LogP contribution in [0.4, 0.5) is 10.1 Å². The molecule has 1 aliphatic rings. The first kappa shape index (κ1) is 17.3. The van der Waals surface area contributed by atoms with Crippen molar-refractivity contribution in [3.63, 3.8) is 0 Å². The van der Waals surface area contributed by atoms with Crippen LogP contribution in [0.2, 0.25) is 0 Å². The first-order valence-corrected chi connectivity index (χ1v) is 9.37. The molecule has 0 saturated carbocycles. The lowest BCUT2D eigenvalue weighted by Gasteiger charge is -2.15. The van der Waals surface area contributed by atoms with Gasteiger partial charge in [-0.1, -0.05) is 18.2 Å². The first-order valence-electron chi connectivity index (χ1n) is 9.37. The van der Waals surface area contributed by atoms with E-state index < -0.39 is 0 Å². The van der Waals surface area contributed by atoms with Crippen molar-refractivity contribution >= 4 is 11.6 Å². The van der Waals surface area contributed by atoms with E-state index in [-0.39, 0.29) is 11.7 Å². The van der Waals surface area contributed by atoms with E-state index in [0.29, 0.717) is 17.9 Å². The van der Waals surface area contributed by atoms with Gasteiger partial charge in [-0.15, -0.1) is 0 Å². The molecule has 2 aromatic carbocycles. The van der Waals surface area contributed by atoms with E-state index in [1.54, 1.807) is 40.2 Å². The molecule has 0 aliphatic carbocycles. The highest BCUT2D eigenvalue weighted by Gasteiger charge is 2.28. The maximum Gasteiger partial charge on any atom is 0.278 e. The molecule has 6 heteroatoms. The van der Waals surface area contributed by atoms with Gasteiger partial charge in [0.2, 0.25) is 0 Å². The number of carbonyl (C=O) groups is 1. The Morgan fingerprint density at radius 2 is 1.72 bits per heavy atom. The first-order chi connectivity index (χ1) is 14.2. The van der Waals surface area contributed by atoms with Crippen LogP contribution in [-0.2, 0) is 6.42 Å². The molecule has 0 atom stereocenters. The summed E-state index contributed by atoms with van der Waals surface area (Å²) >= 11 is 0. The van der Waals surface area contributed by atoms with Gasteiger partial charge in [0.05, 0.1) is 11.4 Å². The molecule has 4 aromatic rings. The third kappa shape index (κ3) is 3.08. The van der Waals surface area contributed by atoms with Crippen LogP contribution in [0.5, 0.6) is 0 Å². The number of pyridine rings is 1. The van der Waals surface area contributed by atoms with E-state index in [0.717, 1.165) is 28.9 Å². The van der Waals surface area contributed by atoms with Crippen LogP contribution in [-0.4, -0.2) is 27.2 Å². The predicted molar refractivity (Wildman–Crippen MR) is 109 cm³/mol. The minimum absolute atomic E-state index is 0.147. The second-order valence-electron chi connectivity index (χ2n) is 6.87. The number of nitrogens with zero attached hydrogens (tertiary/aromatic N) is 4. The number of hydrogen-bond acceptors (Lipinski definition) is 3. The Morgan fingerprint density at radius 1 is 0.966 bits per heavy atom. The van der Waals surface area contributed by atoms with Gasteiger partial charge in [-0.2, -0.15) is 5.10 Å². The largest absolute Gasteiger partial charge is 0.306 e. The molecule has 3 heterocycles. The number of fused-ring (bicyclic) bond motifs is 1. The summed E-state index contributed by atoms with van der Waals surface area (Å²) in [6.07, 6.45) is 4.21. The molecule has 0 saturated heterocycles. The van der Waals surface area contributed by atoms with Gasteiger partial charge in [0, 0.05) is 30.2 Å². The van der Waals surface area contributed by atoms with Crippen molar-refractivity contribution in [3.8, 4) is 16.9 Å². The Morgan fingerprint density at radius 3 is 2.52 bits per heavy atom. The zero-order chi connectivity index (χ0) is 19.8. The number of anilines is 1. The lowest BCUT2D eigenvalue weighted by molar-refractivity contribution is 0.0984. The molecule has 5 nitrogen and oxygen atoms in total. The Hall–Kier alpha value is -3.80. The minimum atomic E-state index is -0.323. The average molecular weight is 384 g/mol. The van der Waals surface area contributed by atoms with Crippen molar-refractivity contribution in [3.05, 3.63) is 96.2 Å². The minimum Gasteiger partial charge on any atom is -0.306 e. The number of aromatic nitrogens is 3. The maximum atomic E-state index is 13.4. The summed E-state index contributed by atoms with van der Waals surface area (Å²) in [6.45, 7) is 0.631. The van der Waals surface area contributed by atoms with Gasteiger partial charge >= 0.3 is 0 Å². The van der Waals surface area contributed by atoms with Crippen LogP contribution in [0.25, 0.3) is 16.9 Å². The monoisotopic (exact) mass is 384 g/mol. The zero-order valence-electron chi connectivity index (χ0n) is 15.5. The molecule has 0 N–H and O–H groups in total. The van der Waals surface area contributed by atoms with Gasteiger partial charge in [0.1, 0.15) is 5.82 Å². The highest BCUT2D eigenvalue weighted by molar-refractivity contribution is 6.06. The Bertz CT molecular complexity index is 1190. The molecule has 2 aromatic heterocycles. The number of carbonyl (C=O) groups excluding carboxylic acids is 1. The summed E-state index contributed by atoms with van der Waals surface area (Å²) in [5.74, 6) is -0.470. The van der Waals surface area contributed by atoms with Crippen LogP contribution in [0, 0.1) is 5.82 Å². The Kier molecular flexibility index (Phi) is 4.17. The third-order valence-corrected chi connectivity index (χ3v) is 5.11. The molecule has 5 rings (SSSR count). The molecule has 142 valence electrons. The van der Waals surface area contributed by atoms with Crippen molar-refractivity contribution in [1.29, 1.82) is 0 Å². The molecule has 0 fully saturated rings. The van der Waals surface area contributed by atoms with Gasteiger partial charge in [-0.05, 0) is 60.5 Å². The van der Waals surface area contributed by atoms with E-state index in [1.807, 2.05) is 36.4 Å². The summed E-state index contributed by atoms with van der Waals surface area (Å²) in [7, 11) is 0. The molecular weight excluding hydrogens is 367 g/mol. The summed E-state index contributed by atoms with van der Waals surface area (Å²) in [5, 5.41) is 4.59. The lowest BCUT2D eigenvalue weighted by Crippen LogP contribution is -2.29. The molecular formula is C23H17FN4O. The smallest absolute Gasteiger partial charge is 0.278 e. The number of benzene rings is 2. The van der Waals surface area contributed by atoms with Crippen LogP contribution >= 0.6 is 0 Å². The van der Waals surface area contributed by atoms with Crippen molar-refractivity contribution in [2.45, 2.75) is 6.42 Å². The molecule has 0 unspecified atom stereocenters. The van der Waals surface area contributed by atoms with Crippen LogP contribution in [0.1, 0.15) is 16.1 Å².